The first-order valence-corrected chi connectivity index (χ1v) is 4.75. The lowest BCUT2D eigenvalue weighted by Gasteiger charge is -2.02. The van der Waals surface area contributed by atoms with E-state index < -0.39 is 0 Å². The van der Waals surface area contributed by atoms with Crippen LogP contribution in [0.2, 0.25) is 0 Å². The highest BCUT2D eigenvalue weighted by molar-refractivity contribution is 7.09. The third-order valence-corrected chi connectivity index (χ3v) is 2.99. The van der Waals surface area contributed by atoms with E-state index in [0.717, 1.165) is 10.7 Å². The molecule has 1 N–H and O–H groups in total. The second-order valence-electron chi connectivity index (χ2n) is 3.11. The normalized spacial score (nSPS) is 20.2. The molecule has 0 radical (unpaired) electrons. The number of aryl methyl sites for hydroxylation is 1. The van der Waals surface area contributed by atoms with Crippen LogP contribution in [0.15, 0.2) is 5.38 Å². The summed E-state index contributed by atoms with van der Waals surface area (Å²) in [7, 11) is 0. The molecule has 0 saturated heterocycles. The summed E-state index contributed by atoms with van der Waals surface area (Å²) in [6, 6.07) is 0. The molecule has 0 aliphatic heterocycles. The van der Waals surface area contributed by atoms with E-state index in [2.05, 4.69) is 4.98 Å². The molecule has 1 fully saturated rings. The van der Waals surface area contributed by atoms with Crippen LogP contribution < -0.4 is 0 Å². The summed E-state index contributed by atoms with van der Waals surface area (Å²) in [5, 5.41) is 12.5. The van der Waals surface area contributed by atoms with Crippen LogP contribution in [0.5, 0.6) is 0 Å². The Morgan fingerprint density at radius 2 is 2.45 bits per heavy atom. The molecule has 60 valence electrons. The van der Waals surface area contributed by atoms with E-state index in [4.69, 9.17) is 0 Å². The van der Waals surface area contributed by atoms with E-state index in [1.807, 2.05) is 12.3 Å². The van der Waals surface area contributed by atoms with Gasteiger partial charge in [0.05, 0.1) is 0 Å². The van der Waals surface area contributed by atoms with Gasteiger partial charge in [-0.2, -0.15) is 0 Å². The predicted octanol–water partition coefficient (Wildman–Crippen LogP) is 1.89. The lowest BCUT2D eigenvalue weighted by molar-refractivity contribution is 0.153. The Labute approximate surface area is 69.9 Å². The van der Waals surface area contributed by atoms with Gasteiger partial charge in [0.25, 0.3) is 0 Å². The SMILES string of the molecule is Cc1csc(C(O)C2CC2)n1. The summed E-state index contributed by atoms with van der Waals surface area (Å²) in [6.07, 6.45) is 2.05. The molecule has 0 bridgehead atoms. The van der Waals surface area contributed by atoms with Crippen molar-refractivity contribution in [2.24, 2.45) is 5.92 Å². The van der Waals surface area contributed by atoms with E-state index in [0.29, 0.717) is 5.92 Å². The van der Waals surface area contributed by atoms with Gasteiger partial charge in [-0.25, -0.2) is 4.98 Å². The largest absolute Gasteiger partial charge is 0.386 e. The molecule has 1 aliphatic carbocycles. The Morgan fingerprint density at radius 3 is 2.91 bits per heavy atom. The molecule has 1 unspecified atom stereocenters. The highest BCUT2D eigenvalue weighted by atomic mass is 32.1. The molecular weight excluding hydrogens is 158 g/mol. The summed E-state index contributed by atoms with van der Waals surface area (Å²) < 4.78 is 0. The maximum Gasteiger partial charge on any atom is 0.122 e. The molecule has 0 amide bonds. The Hall–Kier alpha value is -0.410. The molecule has 1 aliphatic rings. The van der Waals surface area contributed by atoms with Crippen molar-refractivity contribution in [1.29, 1.82) is 0 Å². The van der Waals surface area contributed by atoms with E-state index >= 15 is 0 Å². The van der Waals surface area contributed by atoms with Gasteiger partial charge >= 0.3 is 0 Å². The zero-order chi connectivity index (χ0) is 7.84. The van der Waals surface area contributed by atoms with Crippen molar-refractivity contribution in [1.82, 2.24) is 4.98 Å². The summed E-state index contributed by atoms with van der Waals surface area (Å²) in [4.78, 5) is 4.24. The number of thiazole rings is 1. The average Bonchev–Trinajstić information content (AvgIpc) is 2.74. The topological polar surface area (TPSA) is 33.1 Å². The monoisotopic (exact) mass is 169 g/mol. The van der Waals surface area contributed by atoms with Gasteiger partial charge in [0.15, 0.2) is 0 Å². The molecule has 2 rings (SSSR count). The minimum absolute atomic E-state index is 0.284. The van der Waals surface area contributed by atoms with Crippen molar-refractivity contribution in [3.8, 4) is 0 Å². The zero-order valence-electron chi connectivity index (χ0n) is 6.45. The maximum atomic E-state index is 9.62. The van der Waals surface area contributed by atoms with E-state index in [-0.39, 0.29) is 6.10 Å². The number of nitrogens with zero attached hydrogens (tertiary/aromatic N) is 1. The van der Waals surface area contributed by atoms with Gasteiger partial charge in [-0.3, -0.25) is 0 Å². The van der Waals surface area contributed by atoms with Crippen molar-refractivity contribution in [2.75, 3.05) is 0 Å². The second kappa shape index (κ2) is 2.57. The van der Waals surface area contributed by atoms with Crippen molar-refractivity contribution in [3.63, 3.8) is 0 Å². The molecule has 11 heavy (non-hydrogen) atoms. The average molecular weight is 169 g/mol. The fraction of sp³-hybridized carbons (Fsp3) is 0.625. The van der Waals surface area contributed by atoms with E-state index in [1.165, 1.54) is 12.8 Å². The Kier molecular flexibility index (Phi) is 1.69. The van der Waals surface area contributed by atoms with Crippen LogP contribution >= 0.6 is 11.3 Å². The van der Waals surface area contributed by atoms with Crippen molar-refractivity contribution in [3.05, 3.63) is 16.1 Å². The summed E-state index contributed by atoms with van der Waals surface area (Å²) in [6.45, 7) is 1.96. The number of rotatable bonds is 2. The number of aliphatic hydroxyl groups excluding tert-OH is 1. The number of aromatic nitrogens is 1. The maximum absolute atomic E-state index is 9.62. The van der Waals surface area contributed by atoms with Gasteiger partial charge in [0, 0.05) is 11.1 Å². The van der Waals surface area contributed by atoms with Crippen LogP contribution in [0.3, 0.4) is 0 Å². The molecule has 0 aromatic carbocycles. The van der Waals surface area contributed by atoms with E-state index in [1.54, 1.807) is 11.3 Å². The first-order valence-electron chi connectivity index (χ1n) is 3.87. The van der Waals surface area contributed by atoms with E-state index in [9.17, 15) is 5.11 Å². The Morgan fingerprint density at radius 1 is 1.73 bits per heavy atom. The molecule has 1 atom stereocenters. The lowest BCUT2D eigenvalue weighted by Crippen LogP contribution is -1.98. The van der Waals surface area contributed by atoms with Gasteiger partial charge in [-0.1, -0.05) is 0 Å². The smallest absolute Gasteiger partial charge is 0.122 e. The third kappa shape index (κ3) is 1.44. The Bertz CT molecular complexity index is 254. The first-order chi connectivity index (χ1) is 5.27. The van der Waals surface area contributed by atoms with Gasteiger partial charge < -0.3 is 5.11 Å². The number of hydrogen-bond donors (Lipinski definition) is 1. The van der Waals surface area contributed by atoms with Crippen molar-refractivity contribution >= 4 is 11.3 Å². The molecule has 1 saturated carbocycles. The van der Waals surface area contributed by atoms with Crippen LogP contribution in [0.4, 0.5) is 0 Å². The van der Waals surface area contributed by atoms with Crippen LogP contribution in [0.1, 0.15) is 29.6 Å². The van der Waals surface area contributed by atoms with Gasteiger partial charge in [0.2, 0.25) is 0 Å². The van der Waals surface area contributed by atoms with Crippen molar-refractivity contribution < 1.29 is 5.11 Å². The Balaban J connectivity index is 2.14. The highest BCUT2D eigenvalue weighted by Crippen LogP contribution is 2.41. The molecule has 1 heterocycles. The van der Waals surface area contributed by atoms with Crippen LogP contribution in [0.25, 0.3) is 0 Å². The molecule has 1 aromatic rings. The highest BCUT2D eigenvalue weighted by Gasteiger charge is 2.32. The standard InChI is InChI=1S/C8H11NOS/c1-5-4-11-8(9-5)7(10)6-2-3-6/h4,6-7,10H,2-3H2,1H3. The summed E-state index contributed by atoms with van der Waals surface area (Å²) in [5.41, 5.74) is 1.02. The summed E-state index contributed by atoms with van der Waals surface area (Å²) in [5.74, 6) is 0.501. The second-order valence-corrected chi connectivity index (χ2v) is 4.00. The van der Waals surface area contributed by atoms with Gasteiger partial charge in [0.1, 0.15) is 11.1 Å². The summed E-state index contributed by atoms with van der Waals surface area (Å²) >= 11 is 1.56. The third-order valence-electron chi connectivity index (χ3n) is 1.96. The molecular formula is C8H11NOS. The van der Waals surface area contributed by atoms with Gasteiger partial charge in [-0.05, 0) is 25.7 Å². The fourth-order valence-electron chi connectivity index (χ4n) is 1.12. The van der Waals surface area contributed by atoms with Crippen molar-refractivity contribution in [2.45, 2.75) is 25.9 Å². The number of aliphatic hydroxyl groups is 1. The predicted molar refractivity (Wildman–Crippen MR) is 44.5 cm³/mol. The molecule has 0 spiro atoms. The molecule has 1 aromatic heterocycles. The minimum Gasteiger partial charge on any atom is -0.386 e. The van der Waals surface area contributed by atoms with Crippen LogP contribution in [-0.2, 0) is 0 Å². The quantitative estimate of drug-likeness (QED) is 0.733. The van der Waals surface area contributed by atoms with Crippen LogP contribution in [-0.4, -0.2) is 10.1 Å². The molecule has 3 heteroatoms. The first kappa shape index (κ1) is 7.25. The lowest BCUT2D eigenvalue weighted by atomic mass is 10.2. The molecule has 2 nitrogen and oxygen atoms in total. The fourth-order valence-corrected chi connectivity index (χ4v) is 1.99. The zero-order valence-corrected chi connectivity index (χ0v) is 7.27. The van der Waals surface area contributed by atoms with Gasteiger partial charge in [-0.15, -0.1) is 11.3 Å². The number of hydrogen-bond acceptors (Lipinski definition) is 3. The minimum atomic E-state index is -0.284. The van der Waals surface area contributed by atoms with Crippen LogP contribution in [0, 0.1) is 12.8 Å².